The van der Waals surface area contributed by atoms with E-state index in [1.54, 1.807) is 0 Å². The predicted molar refractivity (Wildman–Crippen MR) is 58.5 cm³/mol. The fourth-order valence-electron chi connectivity index (χ4n) is 1.51. The summed E-state index contributed by atoms with van der Waals surface area (Å²) in [6.45, 7) is 2.51. The zero-order chi connectivity index (χ0) is 11.9. The third-order valence-electron chi connectivity index (χ3n) is 2.72. The highest BCUT2D eigenvalue weighted by Gasteiger charge is 2.34. The number of hydrogen-bond donors (Lipinski definition) is 4. The van der Waals surface area contributed by atoms with Crippen molar-refractivity contribution in [2.24, 2.45) is 5.41 Å². The van der Waals surface area contributed by atoms with Crippen LogP contribution in [0.3, 0.4) is 0 Å². The number of rotatable bonds is 7. The highest BCUT2D eigenvalue weighted by Crippen LogP contribution is 2.29. The Bertz CT molecular complexity index is 198. The minimum absolute atomic E-state index is 0.0562. The van der Waals surface area contributed by atoms with Crippen LogP contribution in [0.1, 0.15) is 33.1 Å². The van der Waals surface area contributed by atoms with Crippen LogP contribution >= 0.6 is 0 Å². The standard InChI is InChI=1S/C11H22O4/c1-3-5-9(4-2)10(15)11(6-12,7-13)8-14/h12-15H,3-8H2,1-2H3. The average Bonchev–Trinajstić information content (AvgIpc) is 2.28. The van der Waals surface area contributed by atoms with Gasteiger partial charge in [-0.05, 0) is 18.4 Å². The maximum atomic E-state index is 9.95. The number of allylic oxidation sites excluding steroid dienone is 1. The molecule has 90 valence electrons. The maximum absolute atomic E-state index is 9.95. The van der Waals surface area contributed by atoms with Crippen LogP contribution in [-0.2, 0) is 0 Å². The molecule has 4 N–H and O–H groups in total. The molecule has 0 aromatic carbocycles. The first-order valence-electron chi connectivity index (χ1n) is 5.35. The summed E-state index contributed by atoms with van der Waals surface area (Å²) in [4.78, 5) is 0. The summed E-state index contributed by atoms with van der Waals surface area (Å²) in [7, 11) is 0. The topological polar surface area (TPSA) is 80.9 Å². The quantitative estimate of drug-likeness (QED) is 0.480. The van der Waals surface area contributed by atoms with Gasteiger partial charge in [-0.15, -0.1) is 0 Å². The lowest BCUT2D eigenvalue weighted by Crippen LogP contribution is -2.36. The van der Waals surface area contributed by atoms with Crippen LogP contribution in [0.25, 0.3) is 0 Å². The highest BCUT2D eigenvalue weighted by molar-refractivity contribution is 5.16. The number of aliphatic hydroxyl groups is 4. The molecule has 0 atom stereocenters. The van der Waals surface area contributed by atoms with Gasteiger partial charge < -0.3 is 20.4 Å². The summed E-state index contributed by atoms with van der Waals surface area (Å²) in [5.41, 5.74) is -0.504. The highest BCUT2D eigenvalue weighted by atomic mass is 16.3. The van der Waals surface area contributed by atoms with Crippen molar-refractivity contribution in [3.8, 4) is 0 Å². The molecule has 0 aromatic heterocycles. The van der Waals surface area contributed by atoms with E-state index < -0.39 is 25.2 Å². The van der Waals surface area contributed by atoms with Gasteiger partial charge in [0.1, 0.15) is 5.76 Å². The van der Waals surface area contributed by atoms with Crippen LogP contribution in [0.5, 0.6) is 0 Å². The van der Waals surface area contributed by atoms with Crippen LogP contribution in [0.4, 0.5) is 0 Å². The van der Waals surface area contributed by atoms with Crippen molar-refractivity contribution >= 4 is 0 Å². The average molecular weight is 218 g/mol. The SMILES string of the molecule is CCCC(CC)=C(O)C(CO)(CO)CO. The Morgan fingerprint density at radius 3 is 1.73 bits per heavy atom. The van der Waals surface area contributed by atoms with Gasteiger partial charge in [-0.25, -0.2) is 0 Å². The van der Waals surface area contributed by atoms with Gasteiger partial charge in [-0.2, -0.15) is 0 Å². The first-order chi connectivity index (χ1) is 7.11. The molecule has 0 rings (SSSR count). The van der Waals surface area contributed by atoms with E-state index in [-0.39, 0.29) is 5.76 Å². The number of hydrogen-bond acceptors (Lipinski definition) is 4. The molecule has 0 saturated carbocycles. The van der Waals surface area contributed by atoms with E-state index in [4.69, 9.17) is 15.3 Å². The van der Waals surface area contributed by atoms with Crippen LogP contribution in [0.2, 0.25) is 0 Å². The molecule has 0 spiro atoms. The van der Waals surface area contributed by atoms with E-state index >= 15 is 0 Å². The fourth-order valence-corrected chi connectivity index (χ4v) is 1.51. The normalized spacial score (nSPS) is 13.9. The number of aliphatic hydroxyl groups excluding tert-OH is 4. The third kappa shape index (κ3) is 3.19. The smallest absolute Gasteiger partial charge is 0.105 e. The second kappa shape index (κ2) is 6.82. The van der Waals surface area contributed by atoms with E-state index in [0.717, 1.165) is 12.0 Å². The van der Waals surface area contributed by atoms with Crippen LogP contribution < -0.4 is 0 Å². The van der Waals surface area contributed by atoms with Crippen molar-refractivity contribution in [1.29, 1.82) is 0 Å². The molecule has 0 saturated heterocycles. The second-order valence-corrected chi connectivity index (χ2v) is 3.81. The summed E-state index contributed by atoms with van der Waals surface area (Å²) in [6.07, 6.45) is 2.25. The molecule has 0 fully saturated rings. The lowest BCUT2D eigenvalue weighted by atomic mass is 9.84. The molecule has 15 heavy (non-hydrogen) atoms. The lowest BCUT2D eigenvalue weighted by Gasteiger charge is -2.28. The van der Waals surface area contributed by atoms with Gasteiger partial charge in [0, 0.05) is 0 Å². The fraction of sp³-hybridized carbons (Fsp3) is 0.818. The van der Waals surface area contributed by atoms with Crippen molar-refractivity contribution in [2.45, 2.75) is 33.1 Å². The van der Waals surface area contributed by atoms with Gasteiger partial charge in [-0.1, -0.05) is 20.3 Å². The first kappa shape index (κ1) is 14.4. The lowest BCUT2D eigenvalue weighted by molar-refractivity contribution is 0.00309. The zero-order valence-electron chi connectivity index (χ0n) is 9.53. The second-order valence-electron chi connectivity index (χ2n) is 3.81. The Morgan fingerprint density at radius 1 is 1.00 bits per heavy atom. The van der Waals surface area contributed by atoms with Crippen molar-refractivity contribution in [1.82, 2.24) is 0 Å². The molecule has 0 unspecified atom stereocenters. The van der Waals surface area contributed by atoms with Gasteiger partial charge in [0.15, 0.2) is 0 Å². The molecule has 0 aliphatic carbocycles. The van der Waals surface area contributed by atoms with E-state index in [0.29, 0.717) is 12.8 Å². The Balaban J connectivity index is 5.09. The molecule has 0 aliphatic heterocycles. The van der Waals surface area contributed by atoms with E-state index in [9.17, 15) is 5.11 Å². The van der Waals surface area contributed by atoms with Crippen LogP contribution in [0, 0.1) is 5.41 Å². The maximum Gasteiger partial charge on any atom is 0.105 e. The molecule has 0 bridgehead atoms. The molecular formula is C11H22O4. The Kier molecular flexibility index (Phi) is 6.56. The summed E-state index contributed by atoms with van der Waals surface area (Å²) >= 11 is 0. The predicted octanol–water partition coefficient (Wildman–Crippen LogP) is 0.972. The summed E-state index contributed by atoms with van der Waals surface area (Å²) < 4.78 is 0. The van der Waals surface area contributed by atoms with Gasteiger partial charge >= 0.3 is 0 Å². The Labute approximate surface area is 90.9 Å². The monoisotopic (exact) mass is 218 g/mol. The molecule has 4 heteroatoms. The third-order valence-corrected chi connectivity index (χ3v) is 2.72. The molecule has 0 aromatic rings. The molecule has 0 heterocycles. The van der Waals surface area contributed by atoms with E-state index in [2.05, 4.69) is 0 Å². The molecule has 0 aliphatic rings. The minimum Gasteiger partial charge on any atom is -0.511 e. The van der Waals surface area contributed by atoms with Crippen molar-refractivity contribution in [3.63, 3.8) is 0 Å². The van der Waals surface area contributed by atoms with Gasteiger partial charge in [0.2, 0.25) is 0 Å². The van der Waals surface area contributed by atoms with Crippen LogP contribution in [-0.4, -0.2) is 40.2 Å². The van der Waals surface area contributed by atoms with Gasteiger partial charge in [0.25, 0.3) is 0 Å². The first-order valence-corrected chi connectivity index (χ1v) is 5.35. The largest absolute Gasteiger partial charge is 0.511 e. The molecule has 0 radical (unpaired) electrons. The Hall–Kier alpha value is -0.580. The van der Waals surface area contributed by atoms with Crippen LogP contribution in [0.15, 0.2) is 11.3 Å². The van der Waals surface area contributed by atoms with E-state index in [1.807, 2.05) is 13.8 Å². The molecule has 4 nitrogen and oxygen atoms in total. The summed E-state index contributed by atoms with van der Waals surface area (Å²) in [5, 5.41) is 37.4. The Morgan fingerprint density at radius 2 is 1.47 bits per heavy atom. The molecular weight excluding hydrogens is 196 g/mol. The van der Waals surface area contributed by atoms with Gasteiger partial charge in [-0.3, -0.25) is 0 Å². The summed E-state index contributed by atoms with van der Waals surface area (Å²) in [5.74, 6) is -0.0562. The minimum atomic E-state index is -1.29. The summed E-state index contributed by atoms with van der Waals surface area (Å²) in [6, 6.07) is 0. The van der Waals surface area contributed by atoms with E-state index in [1.165, 1.54) is 0 Å². The molecule has 0 amide bonds. The zero-order valence-corrected chi connectivity index (χ0v) is 9.53. The van der Waals surface area contributed by atoms with Crippen molar-refractivity contribution in [2.75, 3.05) is 19.8 Å². The van der Waals surface area contributed by atoms with Crippen molar-refractivity contribution in [3.05, 3.63) is 11.3 Å². The van der Waals surface area contributed by atoms with Crippen molar-refractivity contribution < 1.29 is 20.4 Å². The van der Waals surface area contributed by atoms with Gasteiger partial charge in [0.05, 0.1) is 25.2 Å².